The maximum absolute atomic E-state index is 12.3. The van der Waals surface area contributed by atoms with Crippen molar-refractivity contribution < 1.29 is 14.3 Å². The molecule has 2 amide bonds. The van der Waals surface area contributed by atoms with Crippen LogP contribution in [0.3, 0.4) is 0 Å². The monoisotopic (exact) mass is 284 g/mol. The molecule has 1 fully saturated rings. The van der Waals surface area contributed by atoms with E-state index < -0.39 is 0 Å². The largest absolute Gasteiger partial charge is 0.385 e. The lowest BCUT2D eigenvalue weighted by atomic mass is 9.91. The van der Waals surface area contributed by atoms with Gasteiger partial charge in [0.25, 0.3) is 0 Å². The van der Waals surface area contributed by atoms with Crippen LogP contribution in [0.5, 0.6) is 0 Å². The summed E-state index contributed by atoms with van der Waals surface area (Å²) in [6, 6.07) is 0. The lowest BCUT2D eigenvalue weighted by Crippen LogP contribution is -2.48. The van der Waals surface area contributed by atoms with E-state index in [-0.39, 0.29) is 23.1 Å². The number of likely N-dealkylation sites (tertiary alicyclic amines) is 1. The molecular formula is C15H28N2O3. The van der Waals surface area contributed by atoms with Gasteiger partial charge in [-0.05, 0) is 19.3 Å². The number of rotatable bonds is 5. The number of methoxy groups -OCH3 is 1. The molecule has 5 nitrogen and oxygen atoms in total. The minimum Gasteiger partial charge on any atom is -0.385 e. The van der Waals surface area contributed by atoms with E-state index >= 15 is 0 Å². The van der Waals surface area contributed by atoms with Gasteiger partial charge in [-0.3, -0.25) is 9.59 Å². The number of nitrogens with zero attached hydrogens (tertiary/aromatic N) is 1. The Bertz CT molecular complexity index is 337. The van der Waals surface area contributed by atoms with Crippen molar-refractivity contribution in [1.29, 1.82) is 0 Å². The predicted octanol–water partition coefficient (Wildman–Crippen LogP) is 1.42. The molecule has 1 saturated heterocycles. The molecule has 0 unspecified atom stereocenters. The summed E-state index contributed by atoms with van der Waals surface area (Å²) in [5, 5.41) is 2.93. The Balaban J connectivity index is 2.44. The van der Waals surface area contributed by atoms with Crippen LogP contribution in [-0.4, -0.2) is 50.1 Å². The Kier molecular flexibility index (Phi) is 6.46. The first-order valence-corrected chi connectivity index (χ1v) is 7.42. The van der Waals surface area contributed by atoms with E-state index in [0.29, 0.717) is 19.7 Å². The Morgan fingerprint density at radius 1 is 1.35 bits per heavy atom. The van der Waals surface area contributed by atoms with Crippen LogP contribution in [0, 0.1) is 11.3 Å². The second-order valence-corrected chi connectivity index (χ2v) is 6.48. The first kappa shape index (κ1) is 17.0. The van der Waals surface area contributed by atoms with E-state index in [1.807, 2.05) is 25.7 Å². The molecule has 1 heterocycles. The van der Waals surface area contributed by atoms with E-state index in [1.165, 1.54) is 0 Å². The van der Waals surface area contributed by atoms with Crippen molar-refractivity contribution in [2.75, 3.05) is 33.4 Å². The Hall–Kier alpha value is -1.10. The molecule has 0 aromatic carbocycles. The number of carbonyl (C=O) groups is 2. The number of carbonyl (C=O) groups excluding carboxylic acids is 2. The summed E-state index contributed by atoms with van der Waals surface area (Å²) in [6.45, 7) is 8.36. The van der Waals surface area contributed by atoms with Crippen molar-refractivity contribution in [3.8, 4) is 0 Å². The highest BCUT2D eigenvalue weighted by atomic mass is 16.5. The number of nitrogens with one attached hydrogen (secondary N) is 1. The van der Waals surface area contributed by atoms with Crippen molar-refractivity contribution in [1.82, 2.24) is 10.2 Å². The highest BCUT2D eigenvalue weighted by Crippen LogP contribution is 2.23. The zero-order valence-corrected chi connectivity index (χ0v) is 13.2. The van der Waals surface area contributed by atoms with E-state index in [4.69, 9.17) is 4.74 Å². The second kappa shape index (κ2) is 7.62. The SMILES string of the molecule is COCCCNC(=O)[C@@H]1CCCN(C(=O)C(C)(C)C)C1. The maximum Gasteiger partial charge on any atom is 0.227 e. The number of hydrogen-bond donors (Lipinski definition) is 1. The Morgan fingerprint density at radius 2 is 2.05 bits per heavy atom. The fraction of sp³-hybridized carbons (Fsp3) is 0.867. The molecule has 0 spiro atoms. The van der Waals surface area contributed by atoms with Gasteiger partial charge in [-0.1, -0.05) is 20.8 Å². The molecule has 0 aromatic heterocycles. The number of amides is 2. The molecule has 1 N–H and O–H groups in total. The van der Waals surface area contributed by atoms with Gasteiger partial charge in [0, 0.05) is 38.8 Å². The summed E-state index contributed by atoms with van der Waals surface area (Å²) in [7, 11) is 1.65. The van der Waals surface area contributed by atoms with E-state index in [1.54, 1.807) is 7.11 Å². The molecule has 0 bridgehead atoms. The summed E-state index contributed by atoms with van der Waals surface area (Å²) in [6.07, 6.45) is 2.58. The van der Waals surface area contributed by atoms with Crippen LogP contribution in [0.15, 0.2) is 0 Å². The van der Waals surface area contributed by atoms with Crippen molar-refractivity contribution in [3.63, 3.8) is 0 Å². The molecule has 0 saturated carbocycles. The summed E-state index contributed by atoms with van der Waals surface area (Å²) in [5.41, 5.74) is -0.378. The smallest absolute Gasteiger partial charge is 0.227 e. The molecule has 0 aromatic rings. The first-order valence-electron chi connectivity index (χ1n) is 7.42. The van der Waals surface area contributed by atoms with Gasteiger partial charge >= 0.3 is 0 Å². The fourth-order valence-electron chi connectivity index (χ4n) is 2.42. The molecule has 20 heavy (non-hydrogen) atoms. The molecule has 0 radical (unpaired) electrons. The summed E-state index contributed by atoms with van der Waals surface area (Å²) >= 11 is 0. The molecular weight excluding hydrogens is 256 g/mol. The fourth-order valence-corrected chi connectivity index (χ4v) is 2.42. The molecule has 1 aliphatic rings. The van der Waals surface area contributed by atoms with Crippen LogP contribution in [-0.2, 0) is 14.3 Å². The van der Waals surface area contributed by atoms with Crippen LogP contribution in [0.1, 0.15) is 40.0 Å². The van der Waals surface area contributed by atoms with Crippen LogP contribution in [0.4, 0.5) is 0 Å². The minimum absolute atomic E-state index is 0.0625. The van der Waals surface area contributed by atoms with E-state index in [9.17, 15) is 9.59 Å². The van der Waals surface area contributed by atoms with Crippen molar-refractivity contribution >= 4 is 11.8 Å². The second-order valence-electron chi connectivity index (χ2n) is 6.48. The molecule has 1 aliphatic heterocycles. The van der Waals surface area contributed by atoms with Crippen LogP contribution < -0.4 is 5.32 Å². The number of hydrogen-bond acceptors (Lipinski definition) is 3. The van der Waals surface area contributed by atoms with Crippen LogP contribution in [0.25, 0.3) is 0 Å². The standard InChI is InChI=1S/C15H28N2O3/c1-15(2,3)14(19)17-9-5-7-12(11-17)13(18)16-8-6-10-20-4/h12H,5-11H2,1-4H3,(H,16,18)/t12-/m1/s1. The zero-order valence-electron chi connectivity index (χ0n) is 13.2. The average Bonchev–Trinajstić information content (AvgIpc) is 2.41. The lowest BCUT2D eigenvalue weighted by molar-refractivity contribution is -0.142. The van der Waals surface area contributed by atoms with Gasteiger partial charge in [0.15, 0.2) is 0 Å². The minimum atomic E-state index is -0.378. The highest BCUT2D eigenvalue weighted by Gasteiger charge is 2.33. The van der Waals surface area contributed by atoms with Crippen molar-refractivity contribution in [2.45, 2.75) is 40.0 Å². The quantitative estimate of drug-likeness (QED) is 0.777. The van der Waals surface area contributed by atoms with Gasteiger partial charge < -0.3 is 15.0 Å². The molecule has 116 valence electrons. The highest BCUT2D eigenvalue weighted by molar-refractivity contribution is 5.83. The normalized spacial score (nSPS) is 19.8. The van der Waals surface area contributed by atoms with Gasteiger partial charge in [0.1, 0.15) is 0 Å². The Morgan fingerprint density at radius 3 is 2.65 bits per heavy atom. The molecule has 1 rings (SSSR count). The summed E-state index contributed by atoms with van der Waals surface area (Å²) in [4.78, 5) is 26.2. The van der Waals surface area contributed by atoms with Gasteiger partial charge in [-0.15, -0.1) is 0 Å². The first-order chi connectivity index (χ1) is 9.36. The third-order valence-electron chi connectivity index (χ3n) is 3.55. The summed E-state index contributed by atoms with van der Waals surface area (Å²) < 4.78 is 4.95. The third kappa shape index (κ3) is 5.12. The number of ether oxygens (including phenoxy) is 1. The van der Waals surface area contributed by atoms with Crippen LogP contribution in [0.2, 0.25) is 0 Å². The maximum atomic E-state index is 12.3. The predicted molar refractivity (Wildman–Crippen MR) is 78.3 cm³/mol. The molecule has 1 atom stereocenters. The zero-order chi connectivity index (χ0) is 15.2. The van der Waals surface area contributed by atoms with E-state index in [0.717, 1.165) is 25.8 Å². The van der Waals surface area contributed by atoms with E-state index in [2.05, 4.69) is 5.32 Å². The average molecular weight is 284 g/mol. The van der Waals surface area contributed by atoms with Gasteiger partial charge in [0.05, 0.1) is 5.92 Å². The van der Waals surface area contributed by atoms with Crippen LogP contribution >= 0.6 is 0 Å². The van der Waals surface area contributed by atoms with Crippen molar-refractivity contribution in [3.05, 3.63) is 0 Å². The molecule has 5 heteroatoms. The lowest BCUT2D eigenvalue weighted by Gasteiger charge is -2.35. The Labute approximate surface area is 122 Å². The van der Waals surface area contributed by atoms with Gasteiger partial charge in [0.2, 0.25) is 11.8 Å². The summed E-state index contributed by atoms with van der Waals surface area (Å²) in [5.74, 6) is 0.125. The topological polar surface area (TPSA) is 58.6 Å². The number of piperidine rings is 1. The van der Waals surface area contributed by atoms with Gasteiger partial charge in [-0.2, -0.15) is 0 Å². The third-order valence-corrected chi connectivity index (χ3v) is 3.55. The van der Waals surface area contributed by atoms with Gasteiger partial charge in [-0.25, -0.2) is 0 Å². The molecule has 0 aliphatic carbocycles. The van der Waals surface area contributed by atoms with Crippen molar-refractivity contribution in [2.24, 2.45) is 11.3 Å².